The highest BCUT2D eigenvalue weighted by Crippen LogP contribution is 2.40. The molecular weight excluding hydrogens is 404 g/mol. The summed E-state index contributed by atoms with van der Waals surface area (Å²) in [6.07, 6.45) is 3.99. The molecule has 0 saturated carbocycles. The maximum Gasteiger partial charge on any atom is 0.258 e. The molecule has 32 heavy (non-hydrogen) atoms. The monoisotopic (exact) mass is 436 g/mol. The predicted molar refractivity (Wildman–Crippen MR) is 121 cm³/mol. The van der Waals surface area contributed by atoms with Gasteiger partial charge in [0.15, 0.2) is 0 Å². The summed E-state index contributed by atoms with van der Waals surface area (Å²) in [5.41, 5.74) is 3.36. The molecule has 0 radical (unpaired) electrons. The van der Waals surface area contributed by atoms with Crippen LogP contribution < -0.4 is 5.56 Å². The SMILES string of the molecule is COCCC(=O)N1CCC2(CC1)Cc1nc3c(c(=O)n1C2)CN(Cc1ccccc1)CC3. The van der Waals surface area contributed by atoms with Crippen LogP contribution in [0.3, 0.4) is 0 Å². The molecule has 0 bridgehead atoms. The number of amides is 1. The van der Waals surface area contributed by atoms with Gasteiger partial charge in [0.2, 0.25) is 5.91 Å². The molecule has 170 valence electrons. The summed E-state index contributed by atoms with van der Waals surface area (Å²) in [6, 6.07) is 10.4. The van der Waals surface area contributed by atoms with E-state index in [-0.39, 0.29) is 16.9 Å². The second kappa shape index (κ2) is 8.79. The first-order valence-corrected chi connectivity index (χ1v) is 11.7. The standard InChI is InChI=1S/C25H32N4O3/c1-32-14-8-23(30)28-12-9-25(10-13-28)15-22-26-21-7-11-27(16-19-5-3-2-4-6-19)17-20(21)24(31)29(22)18-25/h2-6H,7-18H2,1H3. The first kappa shape index (κ1) is 21.3. The molecule has 1 aromatic heterocycles. The summed E-state index contributed by atoms with van der Waals surface area (Å²) >= 11 is 0. The van der Waals surface area contributed by atoms with Crippen LogP contribution >= 0.6 is 0 Å². The average molecular weight is 437 g/mol. The van der Waals surface area contributed by atoms with E-state index in [1.54, 1.807) is 7.11 Å². The van der Waals surface area contributed by atoms with Crippen molar-refractivity contribution in [3.8, 4) is 0 Å². The molecule has 0 atom stereocenters. The Morgan fingerprint density at radius 1 is 1.16 bits per heavy atom. The lowest BCUT2D eigenvalue weighted by Gasteiger charge is -2.38. The zero-order valence-corrected chi connectivity index (χ0v) is 18.9. The number of fused-ring (bicyclic) bond motifs is 2. The van der Waals surface area contributed by atoms with E-state index in [0.29, 0.717) is 19.6 Å². The Kier molecular flexibility index (Phi) is 5.86. The van der Waals surface area contributed by atoms with Crippen LogP contribution in [0.4, 0.5) is 0 Å². The number of likely N-dealkylation sites (tertiary alicyclic amines) is 1. The van der Waals surface area contributed by atoms with E-state index >= 15 is 0 Å². The van der Waals surface area contributed by atoms with E-state index in [9.17, 15) is 9.59 Å². The number of ether oxygens (including phenoxy) is 1. The highest BCUT2D eigenvalue weighted by Gasteiger charge is 2.43. The Labute approximate surface area is 189 Å². The smallest absolute Gasteiger partial charge is 0.258 e. The van der Waals surface area contributed by atoms with Gasteiger partial charge in [0, 0.05) is 59.2 Å². The van der Waals surface area contributed by atoms with E-state index in [1.807, 2.05) is 15.5 Å². The highest BCUT2D eigenvalue weighted by molar-refractivity contribution is 5.76. The Hall–Kier alpha value is -2.51. The second-order valence-electron chi connectivity index (χ2n) is 9.59. The van der Waals surface area contributed by atoms with E-state index in [1.165, 1.54) is 5.56 Å². The summed E-state index contributed by atoms with van der Waals surface area (Å²) < 4.78 is 6.98. The Morgan fingerprint density at radius 3 is 2.69 bits per heavy atom. The number of hydrogen-bond acceptors (Lipinski definition) is 5. The minimum atomic E-state index is 0.0604. The summed E-state index contributed by atoms with van der Waals surface area (Å²) in [7, 11) is 1.62. The van der Waals surface area contributed by atoms with Gasteiger partial charge < -0.3 is 9.64 Å². The maximum atomic E-state index is 13.4. The van der Waals surface area contributed by atoms with Crippen molar-refractivity contribution in [2.24, 2.45) is 5.41 Å². The molecule has 1 aromatic carbocycles. The summed E-state index contributed by atoms with van der Waals surface area (Å²) in [6.45, 7) is 5.19. The third-order valence-corrected chi connectivity index (χ3v) is 7.45. The topological polar surface area (TPSA) is 67.7 Å². The number of carbonyl (C=O) groups is 1. The lowest BCUT2D eigenvalue weighted by atomic mass is 9.77. The maximum absolute atomic E-state index is 13.4. The van der Waals surface area contributed by atoms with Gasteiger partial charge in [-0.25, -0.2) is 4.98 Å². The third kappa shape index (κ3) is 4.11. The Balaban J connectivity index is 1.28. The van der Waals surface area contributed by atoms with Crippen LogP contribution in [0.15, 0.2) is 35.1 Å². The van der Waals surface area contributed by atoms with Gasteiger partial charge >= 0.3 is 0 Å². The fourth-order valence-electron chi connectivity index (χ4n) is 5.53. The van der Waals surface area contributed by atoms with Gasteiger partial charge in [-0.05, 0) is 23.8 Å². The molecule has 3 aliphatic heterocycles. The molecule has 0 N–H and O–H groups in total. The van der Waals surface area contributed by atoms with Crippen molar-refractivity contribution in [2.75, 3.05) is 33.4 Å². The first-order valence-electron chi connectivity index (χ1n) is 11.7. The lowest BCUT2D eigenvalue weighted by molar-refractivity contribution is -0.134. The van der Waals surface area contributed by atoms with Crippen molar-refractivity contribution < 1.29 is 9.53 Å². The van der Waals surface area contributed by atoms with Crippen LogP contribution in [0.5, 0.6) is 0 Å². The largest absolute Gasteiger partial charge is 0.384 e. The fraction of sp³-hybridized carbons (Fsp3) is 0.560. The highest BCUT2D eigenvalue weighted by atomic mass is 16.5. The van der Waals surface area contributed by atoms with Gasteiger partial charge in [-0.2, -0.15) is 0 Å². The molecule has 1 saturated heterocycles. The minimum Gasteiger partial charge on any atom is -0.384 e. The van der Waals surface area contributed by atoms with Gasteiger partial charge in [-0.15, -0.1) is 0 Å². The molecule has 0 unspecified atom stereocenters. The molecule has 0 aliphatic carbocycles. The van der Waals surface area contributed by atoms with Crippen LogP contribution in [0.25, 0.3) is 0 Å². The zero-order chi connectivity index (χ0) is 22.1. The molecule has 7 heteroatoms. The number of rotatable bonds is 5. The zero-order valence-electron chi connectivity index (χ0n) is 18.9. The quantitative estimate of drug-likeness (QED) is 0.717. The van der Waals surface area contributed by atoms with Gasteiger partial charge in [0.25, 0.3) is 5.56 Å². The van der Waals surface area contributed by atoms with E-state index in [2.05, 4.69) is 29.2 Å². The Bertz CT molecular complexity index is 1040. The van der Waals surface area contributed by atoms with Crippen LogP contribution in [0, 0.1) is 5.41 Å². The second-order valence-corrected chi connectivity index (χ2v) is 9.59. The number of aromatic nitrogens is 2. The van der Waals surface area contributed by atoms with Crippen molar-refractivity contribution in [2.45, 2.75) is 51.7 Å². The van der Waals surface area contributed by atoms with Gasteiger partial charge in [0.1, 0.15) is 5.82 Å². The number of benzene rings is 1. The minimum absolute atomic E-state index is 0.0604. The average Bonchev–Trinajstić information content (AvgIpc) is 3.17. The van der Waals surface area contributed by atoms with Crippen LogP contribution in [-0.4, -0.2) is 58.6 Å². The molecule has 1 fully saturated rings. The number of piperidine rings is 1. The number of methoxy groups -OCH3 is 1. The predicted octanol–water partition coefficient (Wildman–Crippen LogP) is 2.00. The molecule has 7 nitrogen and oxygen atoms in total. The van der Waals surface area contributed by atoms with E-state index in [4.69, 9.17) is 9.72 Å². The molecule has 1 spiro atoms. The third-order valence-electron chi connectivity index (χ3n) is 7.45. The molecule has 5 rings (SSSR count). The van der Waals surface area contributed by atoms with Crippen LogP contribution in [0.2, 0.25) is 0 Å². The molecular formula is C25H32N4O3. The molecule has 4 heterocycles. The van der Waals surface area contributed by atoms with Crippen molar-refractivity contribution >= 4 is 5.91 Å². The fourth-order valence-corrected chi connectivity index (χ4v) is 5.53. The lowest BCUT2D eigenvalue weighted by Crippen LogP contribution is -2.44. The number of nitrogens with zero attached hydrogens (tertiary/aromatic N) is 4. The van der Waals surface area contributed by atoms with E-state index in [0.717, 1.165) is 75.5 Å². The van der Waals surface area contributed by atoms with Crippen molar-refractivity contribution in [1.29, 1.82) is 0 Å². The van der Waals surface area contributed by atoms with Gasteiger partial charge in [-0.1, -0.05) is 30.3 Å². The molecule has 3 aliphatic rings. The van der Waals surface area contributed by atoms with E-state index < -0.39 is 0 Å². The van der Waals surface area contributed by atoms with Crippen LogP contribution in [-0.2, 0) is 42.0 Å². The molecule has 2 aromatic rings. The van der Waals surface area contributed by atoms with Crippen LogP contribution in [0.1, 0.15) is 41.9 Å². The summed E-state index contributed by atoms with van der Waals surface area (Å²) in [4.78, 5) is 35.1. The summed E-state index contributed by atoms with van der Waals surface area (Å²) in [5, 5.41) is 0. The summed E-state index contributed by atoms with van der Waals surface area (Å²) in [5.74, 6) is 1.12. The number of carbonyl (C=O) groups excluding carboxylic acids is 1. The van der Waals surface area contributed by atoms with Crippen molar-refractivity contribution in [3.63, 3.8) is 0 Å². The van der Waals surface area contributed by atoms with Crippen molar-refractivity contribution in [1.82, 2.24) is 19.4 Å². The van der Waals surface area contributed by atoms with Gasteiger partial charge in [-0.3, -0.25) is 19.1 Å². The normalized spacial score (nSPS) is 19.7. The Morgan fingerprint density at radius 2 is 1.94 bits per heavy atom. The van der Waals surface area contributed by atoms with Crippen molar-refractivity contribution in [3.05, 3.63) is 63.3 Å². The number of hydrogen-bond donors (Lipinski definition) is 0. The molecule has 1 amide bonds. The first-order chi connectivity index (χ1) is 15.6. The van der Waals surface area contributed by atoms with Gasteiger partial charge in [0.05, 0.1) is 24.3 Å².